The van der Waals surface area contributed by atoms with Crippen molar-refractivity contribution in [3.8, 4) is 22.6 Å². The zero-order valence-corrected chi connectivity index (χ0v) is 11.9. The number of nitrogens with one attached hydrogen (secondary N) is 2. The minimum atomic E-state index is -0.464. The van der Waals surface area contributed by atoms with Gasteiger partial charge in [-0.25, -0.2) is 4.98 Å². The van der Waals surface area contributed by atoms with Crippen molar-refractivity contribution in [1.29, 1.82) is 0 Å². The van der Waals surface area contributed by atoms with E-state index in [0.29, 0.717) is 11.4 Å². The van der Waals surface area contributed by atoms with Gasteiger partial charge in [0.2, 0.25) is 5.91 Å². The molecule has 1 amide bonds. The Morgan fingerprint density at radius 1 is 1.04 bits per heavy atom. The van der Waals surface area contributed by atoms with Crippen molar-refractivity contribution in [2.45, 2.75) is 0 Å². The van der Waals surface area contributed by atoms with Crippen LogP contribution < -0.4 is 5.73 Å². The lowest BCUT2D eigenvalue weighted by Gasteiger charge is -2.02. The van der Waals surface area contributed by atoms with E-state index >= 15 is 0 Å². The maximum atomic E-state index is 11.4. The molecule has 0 unspecified atom stereocenters. The zero-order valence-electron chi connectivity index (χ0n) is 11.9. The fraction of sp³-hybridized carbons (Fsp3) is 0. The Balaban J connectivity index is 1.89. The quantitative estimate of drug-likeness (QED) is 0.538. The van der Waals surface area contributed by atoms with Crippen molar-refractivity contribution in [2.24, 2.45) is 5.73 Å². The van der Waals surface area contributed by atoms with E-state index < -0.39 is 5.91 Å². The summed E-state index contributed by atoms with van der Waals surface area (Å²) in [6.45, 7) is 0. The van der Waals surface area contributed by atoms with Gasteiger partial charge in [-0.2, -0.15) is 10.2 Å². The van der Waals surface area contributed by atoms with Gasteiger partial charge in [0.25, 0.3) is 0 Å². The summed E-state index contributed by atoms with van der Waals surface area (Å²) in [5, 5.41) is 15.0. The molecule has 23 heavy (non-hydrogen) atoms. The molecule has 0 bridgehead atoms. The minimum Gasteiger partial charge on any atom is -0.366 e. The summed E-state index contributed by atoms with van der Waals surface area (Å²) >= 11 is 0. The van der Waals surface area contributed by atoms with Crippen molar-refractivity contribution in [2.75, 3.05) is 0 Å². The standard InChI is InChI=1S/C16H12N6O/c17-15(23)10-3-1-2-9(6-10)14-12-7-11(16-18-8-19-22-16)4-5-13(12)20-21-14/h1-8H,(H2,17,23)(H,20,21)(H,18,19,22). The number of fused-ring (bicyclic) bond motifs is 1. The van der Waals surface area contributed by atoms with Crippen LogP contribution in [0.25, 0.3) is 33.5 Å². The topological polar surface area (TPSA) is 113 Å². The van der Waals surface area contributed by atoms with Crippen LogP contribution in [0.4, 0.5) is 0 Å². The van der Waals surface area contributed by atoms with Crippen LogP contribution in [0.15, 0.2) is 48.8 Å². The molecule has 0 fully saturated rings. The largest absolute Gasteiger partial charge is 0.366 e. The Morgan fingerprint density at radius 3 is 2.74 bits per heavy atom. The third-order valence-electron chi connectivity index (χ3n) is 3.67. The van der Waals surface area contributed by atoms with Crippen molar-refractivity contribution in [1.82, 2.24) is 25.4 Å². The molecule has 4 rings (SSSR count). The van der Waals surface area contributed by atoms with Gasteiger partial charge in [-0.05, 0) is 30.3 Å². The average Bonchev–Trinajstić information content (AvgIpc) is 3.24. The van der Waals surface area contributed by atoms with Gasteiger partial charge in [0.1, 0.15) is 6.33 Å². The summed E-state index contributed by atoms with van der Waals surface area (Å²) in [7, 11) is 0. The van der Waals surface area contributed by atoms with Gasteiger partial charge >= 0.3 is 0 Å². The maximum Gasteiger partial charge on any atom is 0.248 e. The third kappa shape index (κ3) is 2.24. The molecule has 0 radical (unpaired) electrons. The lowest BCUT2D eigenvalue weighted by molar-refractivity contribution is 0.100. The summed E-state index contributed by atoms with van der Waals surface area (Å²) in [6.07, 6.45) is 1.46. The van der Waals surface area contributed by atoms with Gasteiger partial charge in [-0.1, -0.05) is 12.1 Å². The first kappa shape index (κ1) is 13.2. The van der Waals surface area contributed by atoms with Crippen molar-refractivity contribution >= 4 is 16.8 Å². The number of primary amides is 1. The van der Waals surface area contributed by atoms with Crippen LogP contribution >= 0.6 is 0 Å². The molecule has 0 aliphatic carbocycles. The lowest BCUT2D eigenvalue weighted by Crippen LogP contribution is -2.10. The lowest BCUT2D eigenvalue weighted by atomic mass is 10.0. The van der Waals surface area contributed by atoms with E-state index in [0.717, 1.165) is 27.7 Å². The van der Waals surface area contributed by atoms with E-state index in [2.05, 4.69) is 25.4 Å². The second-order valence-corrected chi connectivity index (χ2v) is 5.11. The number of nitrogens with zero attached hydrogens (tertiary/aromatic N) is 3. The van der Waals surface area contributed by atoms with Crippen LogP contribution in [0.2, 0.25) is 0 Å². The minimum absolute atomic E-state index is 0.449. The van der Waals surface area contributed by atoms with Crippen LogP contribution in [0.1, 0.15) is 10.4 Å². The first-order valence-corrected chi connectivity index (χ1v) is 6.96. The summed E-state index contributed by atoms with van der Waals surface area (Å²) < 4.78 is 0. The van der Waals surface area contributed by atoms with Crippen molar-refractivity contribution in [3.05, 3.63) is 54.4 Å². The molecule has 7 nitrogen and oxygen atoms in total. The molecule has 0 aliphatic heterocycles. The van der Waals surface area contributed by atoms with Crippen LogP contribution in [0.3, 0.4) is 0 Å². The van der Waals surface area contributed by atoms with E-state index in [4.69, 9.17) is 5.73 Å². The molecular weight excluding hydrogens is 292 g/mol. The molecule has 0 spiro atoms. The Labute approximate surface area is 130 Å². The van der Waals surface area contributed by atoms with Gasteiger partial charge in [0.05, 0.1) is 11.2 Å². The van der Waals surface area contributed by atoms with Gasteiger partial charge < -0.3 is 5.73 Å². The zero-order chi connectivity index (χ0) is 15.8. The Bertz CT molecular complexity index is 1000. The second-order valence-electron chi connectivity index (χ2n) is 5.11. The van der Waals surface area contributed by atoms with Crippen LogP contribution in [-0.2, 0) is 0 Å². The molecule has 2 aromatic heterocycles. The summed E-state index contributed by atoms with van der Waals surface area (Å²) in [4.78, 5) is 15.5. The molecule has 2 aromatic carbocycles. The predicted molar refractivity (Wildman–Crippen MR) is 85.4 cm³/mol. The van der Waals surface area contributed by atoms with E-state index in [9.17, 15) is 4.79 Å². The van der Waals surface area contributed by atoms with Crippen LogP contribution in [0.5, 0.6) is 0 Å². The molecule has 112 valence electrons. The Hall–Kier alpha value is -3.48. The van der Waals surface area contributed by atoms with E-state index in [1.807, 2.05) is 24.3 Å². The fourth-order valence-corrected chi connectivity index (χ4v) is 2.55. The summed E-state index contributed by atoms with van der Waals surface area (Å²) in [5.41, 5.74) is 9.18. The Kier molecular flexibility index (Phi) is 2.90. The molecular formula is C16H12N6O. The average molecular weight is 304 g/mol. The number of H-pyrrole nitrogens is 2. The summed E-state index contributed by atoms with van der Waals surface area (Å²) in [5.74, 6) is 0.221. The number of aromatic nitrogens is 5. The number of carbonyl (C=O) groups is 1. The number of hydrogen-bond donors (Lipinski definition) is 3. The highest BCUT2D eigenvalue weighted by molar-refractivity contribution is 5.98. The second kappa shape index (κ2) is 5.06. The predicted octanol–water partition coefficient (Wildman–Crippen LogP) is 2.11. The monoisotopic (exact) mass is 304 g/mol. The molecule has 0 aliphatic rings. The number of rotatable bonds is 3. The van der Waals surface area contributed by atoms with Gasteiger partial charge in [-0.15, -0.1) is 0 Å². The summed E-state index contributed by atoms with van der Waals surface area (Å²) in [6, 6.07) is 12.9. The van der Waals surface area contributed by atoms with Crippen LogP contribution in [-0.4, -0.2) is 31.3 Å². The molecule has 4 aromatic rings. The van der Waals surface area contributed by atoms with Gasteiger partial charge in [0.15, 0.2) is 5.82 Å². The third-order valence-corrected chi connectivity index (χ3v) is 3.67. The van der Waals surface area contributed by atoms with Crippen molar-refractivity contribution in [3.63, 3.8) is 0 Å². The molecule has 2 heterocycles. The maximum absolute atomic E-state index is 11.4. The Morgan fingerprint density at radius 2 is 1.96 bits per heavy atom. The highest BCUT2D eigenvalue weighted by Crippen LogP contribution is 2.29. The smallest absolute Gasteiger partial charge is 0.248 e. The first-order valence-electron chi connectivity index (χ1n) is 6.96. The van der Waals surface area contributed by atoms with Gasteiger partial charge in [0, 0.05) is 22.1 Å². The SMILES string of the molecule is NC(=O)c1cccc(-c2n[nH]c3ccc(-c4ncn[nH]4)cc23)c1. The number of nitrogens with two attached hydrogens (primary N) is 1. The highest BCUT2D eigenvalue weighted by atomic mass is 16.1. The molecule has 0 atom stereocenters. The number of aromatic amines is 2. The number of amides is 1. The normalized spacial score (nSPS) is 11.0. The van der Waals surface area contributed by atoms with Crippen LogP contribution in [0, 0.1) is 0 Å². The van der Waals surface area contributed by atoms with E-state index in [1.165, 1.54) is 6.33 Å². The van der Waals surface area contributed by atoms with E-state index in [-0.39, 0.29) is 0 Å². The first-order chi connectivity index (χ1) is 11.2. The number of hydrogen-bond acceptors (Lipinski definition) is 4. The van der Waals surface area contributed by atoms with Gasteiger partial charge in [-0.3, -0.25) is 15.0 Å². The molecule has 0 saturated heterocycles. The van der Waals surface area contributed by atoms with Crippen molar-refractivity contribution < 1.29 is 4.79 Å². The molecule has 0 saturated carbocycles. The molecule has 7 heteroatoms. The fourth-order valence-electron chi connectivity index (χ4n) is 2.55. The number of benzene rings is 2. The number of carbonyl (C=O) groups excluding carboxylic acids is 1. The molecule has 4 N–H and O–H groups in total. The highest BCUT2D eigenvalue weighted by Gasteiger charge is 2.12. The van der Waals surface area contributed by atoms with E-state index in [1.54, 1.807) is 18.2 Å².